The Morgan fingerprint density at radius 3 is 2.07 bits per heavy atom. The summed E-state index contributed by atoms with van der Waals surface area (Å²) >= 11 is 0. The number of aliphatic hydroxyl groups excluding tert-OH is 1. The summed E-state index contributed by atoms with van der Waals surface area (Å²) in [7, 11) is 0. The number of carboxylic acids is 2. The maximum atomic E-state index is 12.3. The van der Waals surface area contributed by atoms with Crippen LogP contribution in [0.1, 0.15) is 32.1 Å². The van der Waals surface area contributed by atoms with Gasteiger partial charge in [0.1, 0.15) is 18.1 Å². The van der Waals surface area contributed by atoms with Crippen LogP contribution in [0, 0.1) is 0 Å². The van der Waals surface area contributed by atoms with Crippen LogP contribution in [-0.2, 0) is 24.0 Å². The normalized spacial score (nSPS) is 13.6. The summed E-state index contributed by atoms with van der Waals surface area (Å²) in [5.74, 6) is -4.90. The molecule has 0 spiro atoms. The molecule has 0 aromatic carbocycles. The molecule has 0 bridgehead atoms. The maximum Gasteiger partial charge on any atom is 0.326 e. The average Bonchev–Trinajstić information content (AvgIpc) is 2.67. The summed E-state index contributed by atoms with van der Waals surface area (Å²) in [6.45, 7) is -0.808. The van der Waals surface area contributed by atoms with Gasteiger partial charge in [0.25, 0.3) is 0 Å². The lowest BCUT2D eigenvalue weighted by molar-refractivity contribution is -0.143. The molecule has 3 amide bonds. The van der Waals surface area contributed by atoms with Gasteiger partial charge >= 0.3 is 11.9 Å². The molecule has 3 atom stereocenters. The smallest absolute Gasteiger partial charge is 0.326 e. The fourth-order valence-corrected chi connectivity index (χ4v) is 2.18. The van der Waals surface area contributed by atoms with Gasteiger partial charge in [-0.25, -0.2) is 4.79 Å². The fourth-order valence-electron chi connectivity index (χ4n) is 2.18. The first-order valence-corrected chi connectivity index (χ1v) is 9.00. The van der Waals surface area contributed by atoms with Crippen molar-refractivity contribution in [1.82, 2.24) is 16.0 Å². The number of hydrogen-bond donors (Lipinski definition) is 8. The lowest BCUT2D eigenvalue weighted by Gasteiger charge is -2.20. The van der Waals surface area contributed by atoms with Gasteiger partial charge in [-0.3, -0.25) is 19.2 Å². The van der Waals surface area contributed by atoms with Crippen LogP contribution in [0.5, 0.6) is 0 Å². The van der Waals surface area contributed by atoms with Crippen molar-refractivity contribution < 1.29 is 39.3 Å². The van der Waals surface area contributed by atoms with Gasteiger partial charge in [-0.2, -0.15) is 0 Å². The van der Waals surface area contributed by atoms with Crippen molar-refractivity contribution in [2.75, 3.05) is 19.7 Å². The molecule has 0 aliphatic rings. The van der Waals surface area contributed by atoms with E-state index in [2.05, 4.69) is 16.0 Å². The second-order valence-electron chi connectivity index (χ2n) is 6.24. The first-order chi connectivity index (χ1) is 13.6. The highest BCUT2D eigenvalue weighted by atomic mass is 16.4. The molecule has 13 nitrogen and oxygen atoms in total. The Hall–Kier alpha value is -2.77. The molecule has 0 saturated carbocycles. The summed E-state index contributed by atoms with van der Waals surface area (Å²) in [5, 5.41) is 33.3. The molecule has 0 aliphatic carbocycles. The molecule has 3 unspecified atom stereocenters. The van der Waals surface area contributed by atoms with Crippen molar-refractivity contribution in [3.8, 4) is 0 Å². The molecule has 0 fully saturated rings. The van der Waals surface area contributed by atoms with Crippen molar-refractivity contribution in [2.24, 2.45) is 11.5 Å². The molecule has 10 N–H and O–H groups in total. The minimum absolute atomic E-state index is 0.213. The van der Waals surface area contributed by atoms with Crippen LogP contribution < -0.4 is 27.4 Å². The lowest BCUT2D eigenvalue weighted by Crippen LogP contribution is -2.54. The van der Waals surface area contributed by atoms with Crippen LogP contribution in [0.25, 0.3) is 0 Å². The Morgan fingerprint density at radius 1 is 0.897 bits per heavy atom. The van der Waals surface area contributed by atoms with Crippen LogP contribution in [0.4, 0.5) is 0 Å². The second kappa shape index (κ2) is 14.3. The van der Waals surface area contributed by atoms with Crippen molar-refractivity contribution in [2.45, 2.75) is 50.2 Å². The van der Waals surface area contributed by atoms with Gasteiger partial charge in [0.2, 0.25) is 17.7 Å². The van der Waals surface area contributed by atoms with Crippen molar-refractivity contribution in [1.29, 1.82) is 0 Å². The van der Waals surface area contributed by atoms with Crippen LogP contribution in [0.15, 0.2) is 0 Å². The fraction of sp³-hybridized carbons (Fsp3) is 0.688. The molecule has 0 heterocycles. The van der Waals surface area contributed by atoms with E-state index in [1.165, 1.54) is 0 Å². The number of carbonyl (C=O) groups excluding carboxylic acids is 3. The van der Waals surface area contributed by atoms with Gasteiger partial charge in [-0.15, -0.1) is 0 Å². The second-order valence-corrected chi connectivity index (χ2v) is 6.24. The Morgan fingerprint density at radius 2 is 1.55 bits per heavy atom. The standard InChI is InChI=1S/C16H29N5O8/c17-6-2-1-3-10(21-14(26)9(18)8-22)15(27)19-7-12(23)20-11(16(28)29)4-5-13(24)25/h9-11,22H,1-8,17-18H2,(H,19,27)(H,20,23)(H,21,26)(H,24,25)(H,28,29). The van der Waals surface area contributed by atoms with E-state index in [1.807, 2.05) is 0 Å². The number of aliphatic hydroxyl groups is 1. The monoisotopic (exact) mass is 419 g/mol. The van der Waals surface area contributed by atoms with Gasteiger partial charge in [0.15, 0.2) is 0 Å². The van der Waals surface area contributed by atoms with Gasteiger partial charge in [0, 0.05) is 6.42 Å². The zero-order chi connectivity index (χ0) is 22.4. The Kier molecular flexibility index (Phi) is 12.9. The van der Waals surface area contributed by atoms with Gasteiger partial charge in [-0.05, 0) is 32.2 Å². The SMILES string of the molecule is NCCCCC(NC(=O)C(N)CO)C(=O)NCC(=O)NC(CCC(=O)O)C(=O)O. The largest absolute Gasteiger partial charge is 0.481 e. The highest BCUT2D eigenvalue weighted by Gasteiger charge is 2.25. The number of carbonyl (C=O) groups is 5. The summed E-state index contributed by atoms with van der Waals surface area (Å²) < 4.78 is 0. The van der Waals surface area contributed by atoms with E-state index >= 15 is 0 Å². The van der Waals surface area contributed by atoms with Gasteiger partial charge in [-0.1, -0.05) is 0 Å². The summed E-state index contributed by atoms with van der Waals surface area (Å²) in [6, 6.07) is -3.66. The van der Waals surface area contributed by atoms with E-state index in [4.69, 9.17) is 26.8 Å². The average molecular weight is 419 g/mol. The molecule has 0 aromatic heterocycles. The third-order valence-electron chi connectivity index (χ3n) is 3.82. The molecule has 0 rings (SSSR count). The Bertz CT molecular complexity index is 586. The van der Waals surface area contributed by atoms with E-state index in [9.17, 15) is 24.0 Å². The molecule has 29 heavy (non-hydrogen) atoms. The number of amides is 3. The molecule has 0 radical (unpaired) electrons. The predicted molar refractivity (Wildman–Crippen MR) is 99.3 cm³/mol. The highest BCUT2D eigenvalue weighted by molar-refractivity contribution is 5.92. The number of unbranched alkanes of at least 4 members (excludes halogenated alkanes) is 1. The summed E-state index contributed by atoms with van der Waals surface area (Å²) in [4.78, 5) is 57.6. The first kappa shape index (κ1) is 26.2. The molecule has 13 heteroatoms. The number of nitrogens with one attached hydrogen (secondary N) is 3. The molecule has 0 aliphatic heterocycles. The van der Waals surface area contributed by atoms with E-state index in [1.54, 1.807) is 0 Å². The van der Waals surface area contributed by atoms with Crippen LogP contribution in [0.2, 0.25) is 0 Å². The maximum absolute atomic E-state index is 12.3. The number of nitrogens with two attached hydrogens (primary N) is 2. The topological polar surface area (TPSA) is 234 Å². The summed E-state index contributed by atoms with van der Waals surface area (Å²) in [5.41, 5.74) is 10.8. The minimum atomic E-state index is -1.42. The van der Waals surface area contributed by atoms with Crippen LogP contribution in [0.3, 0.4) is 0 Å². The highest BCUT2D eigenvalue weighted by Crippen LogP contribution is 2.02. The van der Waals surface area contributed by atoms with Crippen LogP contribution >= 0.6 is 0 Å². The van der Waals surface area contributed by atoms with Crippen LogP contribution in [-0.4, -0.2) is 82.8 Å². The first-order valence-electron chi connectivity index (χ1n) is 9.00. The van der Waals surface area contributed by atoms with Crippen molar-refractivity contribution in [3.05, 3.63) is 0 Å². The number of aliphatic carboxylic acids is 2. The Balaban J connectivity index is 4.75. The van der Waals surface area contributed by atoms with Crippen molar-refractivity contribution >= 4 is 29.7 Å². The summed E-state index contributed by atoms with van der Waals surface area (Å²) in [6.07, 6.45) is 0.539. The van der Waals surface area contributed by atoms with Gasteiger partial charge < -0.3 is 42.7 Å². The zero-order valence-corrected chi connectivity index (χ0v) is 15.9. The minimum Gasteiger partial charge on any atom is -0.481 e. The van der Waals surface area contributed by atoms with E-state index in [0.29, 0.717) is 19.4 Å². The van der Waals surface area contributed by atoms with Crippen molar-refractivity contribution in [3.63, 3.8) is 0 Å². The number of carboxylic acid groups (broad SMARTS) is 2. The Labute approximate surface area is 167 Å². The molecular formula is C16H29N5O8. The number of hydrogen-bond acceptors (Lipinski definition) is 8. The molecule has 0 saturated heterocycles. The predicted octanol–water partition coefficient (Wildman–Crippen LogP) is -3.53. The quantitative estimate of drug-likeness (QED) is 0.122. The van der Waals surface area contributed by atoms with E-state index < -0.39 is 67.4 Å². The molecule has 166 valence electrons. The van der Waals surface area contributed by atoms with Gasteiger partial charge in [0.05, 0.1) is 13.2 Å². The number of rotatable bonds is 15. The third-order valence-corrected chi connectivity index (χ3v) is 3.82. The molecular weight excluding hydrogens is 390 g/mol. The zero-order valence-electron chi connectivity index (χ0n) is 15.9. The third kappa shape index (κ3) is 11.6. The van der Waals surface area contributed by atoms with E-state index in [0.717, 1.165) is 0 Å². The van der Waals surface area contributed by atoms with E-state index in [-0.39, 0.29) is 12.8 Å². The lowest BCUT2D eigenvalue weighted by atomic mass is 10.1. The molecule has 0 aromatic rings.